The smallest absolute Gasteiger partial charge is 0.267 e. The summed E-state index contributed by atoms with van der Waals surface area (Å²) in [6.45, 7) is -0.343. The van der Waals surface area contributed by atoms with E-state index in [0.29, 0.717) is 17.9 Å². The number of aliphatic hydroxyl groups excluding tert-OH is 1. The summed E-state index contributed by atoms with van der Waals surface area (Å²) in [4.78, 5) is 23.9. The third-order valence-corrected chi connectivity index (χ3v) is 3.83. The number of aromatic nitrogens is 2. The Morgan fingerprint density at radius 3 is 2.96 bits per heavy atom. The first-order chi connectivity index (χ1) is 11.1. The monoisotopic (exact) mass is 337 g/mol. The minimum atomic E-state index is -0.375. The van der Waals surface area contributed by atoms with Gasteiger partial charge in [-0.15, -0.1) is 0 Å². The van der Waals surface area contributed by atoms with Gasteiger partial charge >= 0.3 is 0 Å². The molecular formula is C15H19N3O4S. The predicted octanol–water partition coefficient (Wildman–Crippen LogP) is 0.733. The number of amides is 1. The maximum Gasteiger partial charge on any atom is 0.267 e. The fourth-order valence-corrected chi connectivity index (χ4v) is 2.52. The fraction of sp³-hybridized carbons (Fsp3) is 0.400. The highest BCUT2D eigenvalue weighted by Gasteiger charge is 2.13. The number of thioether (sulfide) groups is 1. The van der Waals surface area contributed by atoms with Gasteiger partial charge in [-0.05, 0) is 36.6 Å². The van der Waals surface area contributed by atoms with Crippen molar-refractivity contribution in [2.45, 2.75) is 19.0 Å². The number of nitrogens with zero attached hydrogens (tertiary/aromatic N) is 2. The lowest BCUT2D eigenvalue weighted by Crippen LogP contribution is -2.41. The van der Waals surface area contributed by atoms with Crippen molar-refractivity contribution in [2.75, 3.05) is 18.6 Å². The summed E-state index contributed by atoms with van der Waals surface area (Å²) in [6.07, 6.45) is 4.13. The molecule has 2 aromatic rings. The summed E-state index contributed by atoms with van der Waals surface area (Å²) < 4.78 is 6.31. The Hall–Kier alpha value is -2.06. The summed E-state index contributed by atoms with van der Waals surface area (Å²) in [5, 5.41) is 16.1. The quantitative estimate of drug-likeness (QED) is 0.737. The van der Waals surface area contributed by atoms with E-state index in [1.54, 1.807) is 30.0 Å². The molecule has 2 N–H and O–H groups in total. The molecule has 0 radical (unpaired) electrons. The van der Waals surface area contributed by atoms with Crippen LogP contribution in [0.3, 0.4) is 0 Å². The van der Waals surface area contributed by atoms with Crippen molar-refractivity contribution >= 4 is 17.7 Å². The van der Waals surface area contributed by atoms with Gasteiger partial charge in [0.15, 0.2) is 5.76 Å². The van der Waals surface area contributed by atoms with Crippen molar-refractivity contribution < 1.29 is 14.3 Å². The summed E-state index contributed by atoms with van der Waals surface area (Å²) in [6, 6.07) is 6.01. The van der Waals surface area contributed by atoms with Gasteiger partial charge in [0.2, 0.25) is 5.91 Å². The van der Waals surface area contributed by atoms with Crippen LogP contribution in [0, 0.1) is 0 Å². The van der Waals surface area contributed by atoms with Crippen molar-refractivity contribution in [3.63, 3.8) is 0 Å². The van der Waals surface area contributed by atoms with Gasteiger partial charge in [0.25, 0.3) is 5.56 Å². The normalized spacial score (nSPS) is 12.1. The number of carbonyl (C=O) groups excluding carboxylic acids is 1. The molecule has 0 unspecified atom stereocenters. The Balaban J connectivity index is 2.05. The van der Waals surface area contributed by atoms with E-state index in [4.69, 9.17) is 4.42 Å². The summed E-state index contributed by atoms with van der Waals surface area (Å²) in [5.74, 6) is 0.987. The SMILES string of the molecule is CSCC[C@H](CO)NC(=O)Cn1nc(-c2ccco2)ccc1=O. The van der Waals surface area contributed by atoms with Gasteiger partial charge in [-0.3, -0.25) is 9.59 Å². The lowest BCUT2D eigenvalue weighted by atomic mass is 10.2. The largest absolute Gasteiger partial charge is 0.463 e. The second kappa shape index (κ2) is 8.54. The zero-order valence-corrected chi connectivity index (χ0v) is 13.6. The predicted molar refractivity (Wildman–Crippen MR) is 88.2 cm³/mol. The van der Waals surface area contributed by atoms with Gasteiger partial charge in [-0.25, -0.2) is 4.68 Å². The lowest BCUT2D eigenvalue weighted by molar-refractivity contribution is -0.122. The molecule has 1 amide bonds. The van der Waals surface area contributed by atoms with E-state index >= 15 is 0 Å². The van der Waals surface area contributed by atoms with Gasteiger partial charge in [-0.2, -0.15) is 16.9 Å². The van der Waals surface area contributed by atoms with E-state index in [0.717, 1.165) is 10.4 Å². The van der Waals surface area contributed by atoms with Gasteiger partial charge in [0, 0.05) is 6.07 Å². The average Bonchev–Trinajstić information content (AvgIpc) is 3.08. The van der Waals surface area contributed by atoms with Crippen LogP contribution in [0.15, 0.2) is 39.7 Å². The number of hydrogen-bond acceptors (Lipinski definition) is 6. The maximum absolute atomic E-state index is 12.0. The van der Waals surface area contributed by atoms with Crippen LogP contribution in [-0.4, -0.2) is 45.5 Å². The van der Waals surface area contributed by atoms with E-state index < -0.39 is 0 Å². The average molecular weight is 337 g/mol. The molecule has 0 aromatic carbocycles. The van der Waals surface area contributed by atoms with Crippen LogP contribution < -0.4 is 10.9 Å². The number of rotatable bonds is 8. The van der Waals surface area contributed by atoms with Crippen LogP contribution in [0.2, 0.25) is 0 Å². The Bertz CT molecular complexity index is 684. The number of aliphatic hydroxyl groups is 1. The zero-order valence-electron chi connectivity index (χ0n) is 12.8. The molecule has 0 saturated heterocycles. The molecule has 0 aliphatic carbocycles. The van der Waals surface area contributed by atoms with Crippen LogP contribution in [0.4, 0.5) is 0 Å². The van der Waals surface area contributed by atoms with E-state index in [-0.39, 0.29) is 30.7 Å². The molecule has 0 aliphatic heterocycles. The van der Waals surface area contributed by atoms with Gasteiger partial charge < -0.3 is 14.8 Å². The van der Waals surface area contributed by atoms with Crippen molar-refractivity contribution in [1.82, 2.24) is 15.1 Å². The summed E-state index contributed by atoms with van der Waals surface area (Å²) in [5.41, 5.74) is 0.101. The summed E-state index contributed by atoms with van der Waals surface area (Å²) >= 11 is 1.64. The first-order valence-corrected chi connectivity index (χ1v) is 8.54. The summed E-state index contributed by atoms with van der Waals surface area (Å²) in [7, 11) is 0. The Kier molecular flexibility index (Phi) is 6.42. The fourth-order valence-electron chi connectivity index (χ4n) is 2.00. The molecule has 0 spiro atoms. The van der Waals surface area contributed by atoms with E-state index in [1.165, 1.54) is 12.3 Å². The second-order valence-corrected chi connectivity index (χ2v) is 5.91. The maximum atomic E-state index is 12.0. The molecule has 8 heteroatoms. The van der Waals surface area contributed by atoms with Crippen molar-refractivity contribution in [3.05, 3.63) is 40.9 Å². The minimum Gasteiger partial charge on any atom is -0.463 e. The molecule has 124 valence electrons. The molecule has 1 atom stereocenters. The number of furan rings is 1. The third kappa shape index (κ3) is 4.97. The third-order valence-electron chi connectivity index (χ3n) is 3.19. The topological polar surface area (TPSA) is 97.4 Å². The van der Waals surface area contributed by atoms with Crippen LogP contribution in [-0.2, 0) is 11.3 Å². The molecule has 0 bridgehead atoms. The van der Waals surface area contributed by atoms with Gasteiger partial charge in [0.05, 0.1) is 18.9 Å². The van der Waals surface area contributed by atoms with E-state index in [2.05, 4.69) is 10.4 Å². The Morgan fingerprint density at radius 1 is 1.48 bits per heavy atom. The molecular weight excluding hydrogens is 318 g/mol. The highest BCUT2D eigenvalue weighted by atomic mass is 32.2. The number of nitrogens with one attached hydrogen (secondary N) is 1. The highest BCUT2D eigenvalue weighted by molar-refractivity contribution is 7.98. The number of carbonyl (C=O) groups is 1. The van der Waals surface area contributed by atoms with Crippen LogP contribution in [0.5, 0.6) is 0 Å². The molecule has 7 nitrogen and oxygen atoms in total. The second-order valence-electron chi connectivity index (χ2n) is 4.92. The standard InChI is InChI=1S/C15H19N3O4S/c1-23-8-6-11(10-19)16-14(20)9-18-15(21)5-4-12(17-18)13-3-2-7-22-13/h2-5,7,11,19H,6,8-10H2,1H3,(H,16,20)/t11-/m1/s1. The van der Waals surface area contributed by atoms with Crippen LogP contribution in [0.1, 0.15) is 6.42 Å². The van der Waals surface area contributed by atoms with E-state index in [9.17, 15) is 14.7 Å². The molecule has 23 heavy (non-hydrogen) atoms. The molecule has 0 saturated carbocycles. The lowest BCUT2D eigenvalue weighted by Gasteiger charge is -2.16. The van der Waals surface area contributed by atoms with Crippen LogP contribution in [0.25, 0.3) is 11.5 Å². The Labute approximate surface area is 137 Å². The van der Waals surface area contributed by atoms with Crippen LogP contribution >= 0.6 is 11.8 Å². The van der Waals surface area contributed by atoms with Crippen molar-refractivity contribution in [3.8, 4) is 11.5 Å². The van der Waals surface area contributed by atoms with Crippen molar-refractivity contribution in [1.29, 1.82) is 0 Å². The molecule has 2 heterocycles. The Morgan fingerprint density at radius 2 is 2.30 bits per heavy atom. The molecule has 0 fully saturated rings. The molecule has 0 aliphatic rings. The molecule has 2 rings (SSSR count). The minimum absolute atomic E-state index is 0.138. The zero-order chi connectivity index (χ0) is 16.7. The first kappa shape index (κ1) is 17.3. The molecule has 2 aromatic heterocycles. The van der Waals surface area contributed by atoms with E-state index in [1.807, 2.05) is 6.26 Å². The highest BCUT2D eigenvalue weighted by Crippen LogP contribution is 2.14. The number of hydrogen-bond donors (Lipinski definition) is 2. The van der Waals surface area contributed by atoms with Gasteiger partial charge in [0.1, 0.15) is 12.2 Å². The van der Waals surface area contributed by atoms with Gasteiger partial charge in [-0.1, -0.05) is 0 Å². The first-order valence-electron chi connectivity index (χ1n) is 7.15. The van der Waals surface area contributed by atoms with Crippen molar-refractivity contribution in [2.24, 2.45) is 0 Å².